The molecule has 19 heavy (non-hydrogen) atoms. The Kier molecular flexibility index (Phi) is 6.15. The van der Waals surface area contributed by atoms with E-state index in [0.717, 1.165) is 12.1 Å². The molecule has 0 heterocycles. The van der Waals surface area contributed by atoms with Gasteiger partial charge in [0, 0.05) is 23.2 Å². The van der Waals surface area contributed by atoms with Gasteiger partial charge < -0.3 is 10.1 Å². The van der Waals surface area contributed by atoms with E-state index in [1.165, 1.54) is 7.11 Å². The topological polar surface area (TPSA) is 67.4 Å². The van der Waals surface area contributed by atoms with Crippen molar-refractivity contribution >= 4 is 29.3 Å². The predicted octanol–water partition coefficient (Wildman–Crippen LogP) is 2.80. The maximum absolute atomic E-state index is 11.6. The lowest BCUT2D eigenvalue weighted by atomic mass is 10.1. The van der Waals surface area contributed by atoms with Crippen LogP contribution in [0.1, 0.15) is 19.8 Å². The molecule has 0 unspecified atom stereocenters. The van der Waals surface area contributed by atoms with Crippen molar-refractivity contribution in [1.82, 2.24) is 5.32 Å². The summed E-state index contributed by atoms with van der Waals surface area (Å²) in [6, 6.07) is 7.15. The zero-order valence-corrected chi connectivity index (χ0v) is 11.7. The van der Waals surface area contributed by atoms with Crippen molar-refractivity contribution < 1.29 is 14.3 Å². The number of anilines is 1. The maximum Gasteiger partial charge on any atom is 0.413 e. The number of methoxy groups -OCH3 is 1. The molecule has 6 heteroatoms. The summed E-state index contributed by atoms with van der Waals surface area (Å²) in [5.74, 6) is -0.375. The van der Waals surface area contributed by atoms with Gasteiger partial charge in [0.1, 0.15) is 0 Å². The highest BCUT2D eigenvalue weighted by Crippen LogP contribution is 2.15. The summed E-state index contributed by atoms with van der Waals surface area (Å²) in [5.41, 5.74) is 0.877. The van der Waals surface area contributed by atoms with Gasteiger partial charge in [0.15, 0.2) is 0 Å². The lowest BCUT2D eigenvalue weighted by Crippen LogP contribution is -2.34. The van der Waals surface area contributed by atoms with Crippen LogP contribution in [0.15, 0.2) is 24.3 Å². The van der Waals surface area contributed by atoms with Crippen LogP contribution in [0.25, 0.3) is 0 Å². The third-order valence-corrected chi connectivity index (χ3v) is 2.82. The second-order valence-corrected chi connectivity index (χ2v) is 4.44. The number of hydrogen-bond donors (Lipinski definition) is 2. The number of hydrogen-bond acceptors (Lipinski definition) is 4. The van der Waals surface area contributed by atoms with Gasteiger partial charge in [-0.15, -0.1) is 0 Å². The summed E-state index contributed by atoms with van der Waals surface area (Å²) < 4.78 is 4.36. The van der Waals surface area contributed by atoms with E-state index >= 15 is 0 Å². The Morgan fingerprint density at radius 2 is 1.95 bits per heavy atom. The molecule has 0 aliphatic carbocycles. The minimum Gasteiger partial charge on any atom is -0.453 e. The largest absolute Gasteiger partial charge is 0.453 e. The normalized spacial score (nSPS) is 11.5. The van der Waals surface area contributed by atoms with Crippen LogP contribution in [0.4, 0.5) is 10.5 Å². The second-order valence-electron chi connectivity index (χ2n) is 4.00. The van der Waals surface area contributed by atoms with E-state index in [2.05, 4.69) is 15.4 Å². The summed E-state index contributed by atoms with van der Waals surface area (Å²) in [4.78, 5) is 22.5. The van der Waals surface area contributed by atoms with E-state index in [-0.39, 0.29) is 18.4 Å². The van der Waals surface area contributed by atoms with Crippen molar-refractivity contribution in [3.63, 3.8) is 0 Å². The second kappa shape index (κ2) is 7.63. The van der Waals surface area contributed by atoms with Crippen LogP contribution < -0.4 is 10.6 Å². The average molecular weight is 285 g/mol. The molecule has 0 aliphatic heterocycles. The van der Waals surface area contributed by atoms with Gasteiger partial charge in [0.25, 0.3) is 0 Å². The van der Waals surface area contributed by atoms with Gasteiger partial charge in [0.2, 0.25) is 5.91 Å². The molecule has 2 amide bonds. The summed E-state index contributed by atoms with van der Waals surface area (Å²) in [5, 5.41) is 5.99. The van der Waals surface area contributed by atoms with Gasteiger partial charge >= 0.3 is 6.09 Å². The number of carbonyl (C=O) groups is 2. The molecule has 1 aromatic rings. The first kappa shape index (κ1) is 15.3. The van der Waals surface area contributed by atoms with Crippen molar-refractivity contribution in [2.24, 2.45) is 0 Å². The van der Waals surface area contributed by atoms with E-state index in [1.807, 2.05) is 19.1 Å². The lowest BCUT2D eigenvalue weighted by molar-refractivity contribution is -0.120. The van der Waals surface area contributed by atoms with Crippen molar-refractivity contribution in [3.8, 4) is 0 Å². The van der Waals surface area contributed by atoms with Gasteiger partial charge in [-0.1, -0.05) is 18.5 Å². The van der Waals surface area contributed by atoms with Crippen molar-refractivity contribution in [1.29, 1.82) is 0 Å². The first-order chi connectivity index (χ1) is 9.05. The van der Waals surface area contributed by atoms with Gasteiger partial charge in [-0.2, -0.15) is 0 Å². The van der Waals surface area contributed by atoms with Crippen molar-refractivity contribution in [3.05, 3.63) is 29.3 Å². The summed E-state index contributed by atoms with van der Waals surface area (Å²) in [6.07, 6.45) is 0.192. The Bertz CT molecular complexity index is 434. The van der Waals surface area contributed by atoms with Crippen molar-refractivity contribution in [2.75, 3.05) is 12.4 Å². The molecule has 0 aromatic heterocycles. The van der Waals surface area contributed by atoms with Gasteiger partial charge in [-0.05, 0) is 30.7 Å². The molecule has 0 fully saturated rings. The summed E-state index contributed by atoms with van der Waals surface area (Å²) in [7, 11) is 1.21. The SMILES string of the molecule is CC[C@@H](CC(=O)NC(=O)OC)Nc1ccc(Cl)cc1. The van der Waals surface area contributed by atoms with Crippen LogP contribution in [0.2, 0.25) is 5.02 Å². The van der Waals surface area contributed by atoms with Crippen molar-refractivity contribution in [2.45, 2.75) is 25.8 Å². The number of nitrogens with one attached hydrogen (secondary N) is 2. The Hall–Kier alpha value is -1.75. The number of carbonyl (C=O) groups excluding carboxylic acids is 2. The van der Waals surface area contributed by atoms with Crippen LogP contribution in [0, 0.1) is 0 Å². The molecule has 0 radical (unpaired) electrons. The van der Waals surface area contributed by atoms with E-state index in [1.54, 1.807) is 12.1 Å². The number of benzene rings is 1. The molecule has 0 spiro atoms. The maximum atomic E-state index is 11.6. The molecule has 1 aromatic carbocycles. The van der Waals surface area contributed by atoms with E-state index < -0.39 is 6.09 Å². The first-order valence-electron chi connectivity index (χ1n) is 5.95. The third-order valence-electron chi connectivity index (χ3n) is 2.57. The quantitative estimate of drug-likeness (QED) is 0.872. The molecule has 0 aliphatic rings. The zero-order valence-electron chi connectivity index (χ0n) is 10.9. The number of alkyl carbamates (subject to hydrolysis) is 1. The van der Waals surface area contributed by atoms with Gasteiger partial charge in [-0.25, -0.2) is 4.79 Å². The first-order valence-corrected chi connectivity index (χ1v) is 6.32. The molecule has 1 rings (SSSR count). The fourth-order valence-electron chi connectivity index (χ4n) is 1.52. The Morgan fingerprint density at radius 3 is 2.47 bits per heavy atom. The smallest absolute Gasteiger partial charge is 0.413 e. The van der Waals surface area contributed by atoms with Crippen LogP contribution in [-0.4, -0.2) is 25.2 Å². The molecular formula is C13H17ClN2O3. The van der Waals surface area contributed by atoms with Gasteiger partial charge in [0.05, 0.1) is 7.11 Å². The molecule has 2 N–H and O–H groups in total. The molecule has 5 nitrogen and oxygen atoms in total. The molecule has 0 bridgehead atoms. The van der Waals surface area contributed by atoms with Crippen LogP contribution in [0.3, 0.4) is 0 Å². The highest BCUT2D eigenvalue weighted by Gasteiger charge is 2.14. The number of halogens is 1. The fraction of sp³-hybridized carbons (Fsp3) is 0.385. The average Bonchev–Trinajstić information content (AvgIpc) is 2.40. The number of rotatable bonds is 5. The minimum absolute atomic E-state index is 0.0640. The fourth-order valence-corrected chi connectivity index (χ4v) is 1.64. The number of amides is 2. The highest BCUT2D eigenvalue weighted by atomic mass is 35.5. The lowest BCUT2D eigenvalue weighted by Gasteiger charge is -2.17. The van der Waals surface area contributed by atoms with Gasteiger partial charge in [-0.3, -0.25) is 10.1 Å². The molecule has 104 valence electrons. The van der Waals surface area contributed by atoms with E-state index in [0.29, 0.717) is 5.02 Å². The molecule has 0 saturated carbocycles. The highest BCUT2D eigenvalue weighted by molar-refractivity contribution is 6.30. The zero-order chi connectivity index (χ0) is 14.3. The molecule has 0 saturated heterocycles. The minimum atomic E-state index is -0.744. The Balaban J connectivity index is 2.51. The Labute approximate surface area is 117 Å². The number of ether oxygens (including phenoxy) is 1. The third kappa shape index (κ3) is 5.61. The molecular weight excluding hydrogens is 268 g/mol. The van der Waals surface area contributed by atoms with Crippen LogP contribution in [-0.2, 0) is 9.53 Å². The summed E-state index contributed by atoms with van der Waals surface area (Å²) in [6.45, 7) is 1.96. The summed E-state index contributed by atoms with van der Waals surface area (Å²) >= 11 is 5.80. The predicted molar refractivity (Wildman–Crippen MR) is 74.3 cm³/mol. The van der Waals surface area contributed by atoms with E-state index in [4.69, 9.17) is 11.6 Å². The van der Waals surface area contributed by atoms with Crippen LogP contribution >= 0.6 is 11.6 Å². The Morgan fingerprint density at radius 1 is 1.32 bits per heavy atom. The standard InChI is InChI=1S/C13H17ClN2O3/c1-3-10(8-12(17)16-13(18)19-2)15-11-6-4-9(14)5-7-11/h4-7,10,15H,3,8H2,1-2H3,(H,16,17,18)/t10-/m0/s1. The molecule has 1 atom stereocenters. The van der Waals surface area contributed by atoms with Crippen LogP contribution in [0.5, 0.6) is 0 Å². The number of imide groups is 1. The van der Waals surface area contributed by atoms with E-state index in [9.17, 15) is 9.59 Å². The monoisotopic (exact) mass is 284 g/mol.